The van der Waals surface area contributed by atoms with Crippen LogP contribution >= 0.6 is 23.2 Å². The molecule has 2 atom stereocenters. The molecule has 0 N–H and O–H groups in total. The summed E-state index contributed by atoms with van der Waals surface area (Å²) in [6.07, 6.45) is 11.6. The maximum absolute atomic E-state index is 6.09. The summed E-state index contributed by atoms with van der Waals surface area (Å²) < 4.78 is 0. The van der Waals surface area contributed by atoms with Crippen LogP contribution in [0.2, 0.25) is 0 Å². The van der Waals surface area contributed by atoms with Gasteiger partial charge in [0.2, 0.25) is 0 Å². The average molecular weight is 207 g/mol. The van der Waals surface area contributed by atoms with Crippen molar-refractivity contribution in [1.82, 2.24) is 0 Å². The van der Waals surface area contributed by atoms with E-state index in [1.54, 1.807) is 0 Å². The Labute approximate surface area is 84.9 Å². The molecular formula is C10H16Cl2. The standard InChI is InChI=1S/C10H16Cl2/c11-9-7-5-3-1-2-4-6-8-10(9)12/h5,7,9-10H,1-4,6,8H2/b7-5-. The van der Waals surface area contributed by atoms with Gasteiger partial charge in [-0.3, -0.25) is 0 Å². The fourth-order valence-electron chi connectivity index (χ4n) is 1.46. The molecule has 0 saturated heterocycles. The zero-order valence-electron chi connectivity index (χ0n) is 7.31. The van der Waals surface area contributed by atoms with Crippen molar-refractivity contribution in [2.45, 2.75) is 49.3 Å². The van der Waals surface area contributed by atoms with Crippen LogP contribution in [0.1, 0.15) is 38.5 Å². The van der Waals surface area contributed by atoms with Gasteiger partial charge in [-0.2, -0.15) is 0 Å². The highest BCUT2D eigenvalue weighted by atomic mass is 35.5. The Morgan fingerprint density at radius 1 is 1.00 bits per heavy atom. The third-order valence-electron chi connectivity index (χ3n) is 2.27. The minimum absolute atomic E-state index is 0.0322. The molecule has 70 valence electrons. The minimum Gasteiger partial charge on any atom is -0.121 e. The Balaban J connectivity index is 2.40. The molecule has 0 amide bonds. The van der Waals surface area contributed by atoms with E-state index in [9.17, 15) is 0 Å². The summed E-state index contributed by atoms with van der Waals surface area (Å²) in [5.74, 6) is 0. The van der Waals surface area contributed by atoms with Gasteiger partial charge in [-0.15, -0.1) is 23.2 Å². The van der Waals surface area contributed by atoms with E-state index < -0.39 is 0 Å². The van der Waals surface area contributed by atoms with Gasteiger partial charge in [0.25, 0.3) is 0 Å². The molecule has 0 heterocycles. The van der Waals surface area contributed by atoms with Gasteiger partial charge < -0.3 is 0 Å². The van der Waals surface area contributed by atoms with Crippen LogP contribution in [0, 0.1) is 0 Å². The highest BCUT2D eigenvalue weighted by Gasteiger charge is 2.13. The average Bonchev–Trinajstić information content (AvgIpc) is 2.08. The first kappa shape index (κ1) is 10.4. The van der Waals surface area contributed by atoms with Gasteiger partial charge in [0, 0.05) is 0 Å². The predicted octanol–water partition coefficient (Wildman–Crippen LogP) is 4.11. The second-order valence-electron chi connectivity index (χ2n) is 3.38. The first-order valence-electron chi connectivity index (χ1n) is 4.75. The van der Waals surface area contributed by atoms with Crippen LogP contribution < -0.4 is 0 Å². The summed E-state index contributed by atoms with van der Waals surface area (Å²) >= 11 is 12.1. The van der Waals surface area contributed by atoms with Crippen LogP contribution in [0.3, 0.4) is 0 Å². The lowest BCUT2D eigenvalue weighted by molar-refractivity contribution is 0.598. The van der Waals surface area contributed by atoms with Crippen molar-refractivity contribution < 1.29 is 0 Å². The summed E-state index contributed by atoms with van der Waals surface area (Å²) in [7, 11) is 0. The summed E-state index contributed by atoms with van der Waals surface area (Å²) in [6, 6.07) is 0. The normalized spacial score (nSPS) is 35.8. The van der Waals surface area contributed by atoms with Gasteiger partial charge in [-0.1, -0.05) is 31.4 Å². The number of halogens is 2. The lowest BCUT2D eigenvalue weighted by Gasteiger charge is -2.13. The fourth-order valence-corrected chi connectivity index (χ4v) is 1.93. The SMILES string of the molecule is ClC1/C=C\CCCCCCC1Cl. The highest BCUT2D eigenvalue weighted by Crippen LogP contribution is 2.20. The third kappa shape index (κ3) is 3.82. The van der Waals surface area contributed by atoms with Crippen LogP contribution in [-0.2, 0) is 0 Å². The van der Waals surface area contributed by atoms with E-state index >= 15 is 0 Å². The maximum atomic E-state index is 6.09. The van der Waals surface area contributed by atoms with Crippen molar-refractivity contribution in [3.05, 3.63) is 12.2 Å². The maximum Gasteiger partial charge on any atom is 0.0679 e. The van der Waals surface area contributed by atoms with Crippen molar-refractivity contribution in [2.24, 2.45) is 0 Å². The smallest absolute Gasteiger partial charge is 0.0679 e. The molecule has 1 rings (SSSR count). The van der Waals surface area contributed by atoms with E-state index in [2.05, 4.69) is 6.08 Å². The van der Waals surface area contributed by atoms with Crippen LogP contribution in [0.4, 0.5) is 0 Å². The molecule has 0 aromatic heterocycles. The Kier molecular flexibility index (Phi) is 5.10. The van der Waals surface area contributed by atoms with E-state index in [1.165, 1.54) is 25.7 Å². The fraction of sp³-hybridized carbons (Fsp3) is 0.800. The molecule has 1 aliphatic rings. The quantitative estimate of drug-likeness (QED) is 0.414. The van der Waals surface area contributed by atoms with Gasteiger partial charge >= 0.3 is 0 Å². The van der Waals surface area contributed by atoms with Gasteiger partial charge in [-0.25, -0.2) is 0 Å². The molecule has 0 aromatic rings. The molecule has 0 fully saturated rings. The van der Waals surface area contributed by atoms with Crippen molar-refractivity contribution >= 4 is 23.2 Å². The number of hydrogen-bond acceptors (Lipinski definition) is 0. The van der Waals surface area contributed by atoms with Gasteiger partial charge in [-0.05, 0) is 19.3 Å². The number of rotatable bonds is 0. The summed E-state index contributed by atoms with van der Waals surface area (Å²) in [5.41, 5.74) is 0. The number of hydrogen-bond donors (Lipinski definition) is 0. The van der Waals surface area contributed by atoms with Crippen molar-refractivity contribution in [3.8, 4) is 0 Å². The molecule has 0 nitrogen and oxygen atoms in total. The van der Waals surface area contributed by atoms with Crippen LogP contribution in [0.25, 0.3) is 0 Å². The van der Waals surface area contributed by atoms with Gasteiger partial charge in [0.15, 0.2) is 0 Å². The molecular weight excluding hydrogens is 191 g/mol. The summed E-state index contributed by atoms with van der Waals surface area (Å²) in [4.78, 5) is 0. The summed E-state index contributed by atoms with van der Waals surface area (Å²) in [6.45, 7) is 0. The highest BCUT2D eigenvalue weighted by molar-refractivity contribution is 6.30. The van der Waals surface area contributed by atoms with Crippen molar-refractivity contribution in [2.75, 3.05) is 0 Å². The zero-order valence-corrected chi connectivity index (χ0v) is 8.82. The van der Waals surface area contributed by atoms with Crippen LogP contribution in [0.5, 0.6) is 0 Å². The first-order chi connectivity index (χ1) is 5.80. The van der Waals surface area contributed by atoms with Crippen LogP contribution in [-0.4, -0.2) is 10.8 Å². The molecule has 0 radical (unpaired) electrons. The monoisotopic (exact) mass is 206 g/mol. The van der Waals surface area contributed by atoms with Crippen molar-refractivity contribution in [1.29, 1.82) is 0 Å². The van der Waals surface area contributed by atoms with Gasteiger partial charge in [0.1, 0.15) is 0 Å². The van der Waals surface area contributed by atoms with E-state index in [0.29, 0.717) is 0 Å². The van der Waals surface area contributed by atoms with E-state index in [-0.39, 0.29) is 10.8 Å². The lowest BCUT2D eigenvalue weighted by Crippen LogP contribution is -2.12. The molecule has 0 aromatic carbocycles. The number of allylic oxidation sites excluding steroid dienone is 2. The molecule has 12 heavy (non-hydrogen) atoms. The third-order valence-corrected chi connectivity index (χ3v) is 3.33. The molecule has 1 aliphatic carbocycles. The van der Waals surface area contributed by atoms with E-state index in [4.69, 9.17) is 23.2 Å². The first-order valence-corrected chi connectivity index (χ1v) is 5.63. The van der Waals surface area contributed by atoms with Gasteiger partial charge in [0.05, 0.1) is 10.8 Å². The van der Waals surface area contributed by atoms with Crippen LogP contribution in [0.15, 0.2) is 12.2 Å². The molecule has 0 bridgehead atoms. The predicted molar refractivity (Wildman–Crippen MR) is 56.1 cm³/mol. The Morgan fingerprint density at radius 3 is 2.58 bits per heavy atom. The Morgan fingerprint density at radius 2 is 1.75 bits per heavy atom. The molecule has 2 heteroatoms. The lowest BCUT2D eigenvalue weighted by atomic mass is 10.0. The molecule has 0 spiro atoms. The summed E-state index contributed by atoms with van der Waals surface area (Å²) in [5, 5.41) is 0.158. The Bertz CT molecular complexity index is 143. The number of alkyl halides is 2. The second kappa shape index (κ2) is 5.88. The molecule has 0 saturated carbocycles. The minimum atomic E-state index is 0.0322. The van der Waals surface area contributed by atoms with Crippen molar-refractivity contribution in [3.63, 3.8) is 0 Å². The molecule has 2 unspecified atom stereocenters. The zero-order chi connectivity index (χ0) is 8.81. The Hall–Kier alpha value is 0.320. The largest absolute Gasteiger partial charge is 0.121 e. The van der Waals surface area contributed by atoms with E-state index in [1.807, 2.05) is 6.08 Å². The second-order valence-corrected chi connectivity index (χ2v) is 4.44. The molecule has 0 aliphatic heterocycles. The topological polar surface area (TPSA) is 0 Å². The van der Waals surface area contributed by atoms with E-state index in [0.717, 1.165) is 12.8 Å².